The van der Waals surface area contributed by atoms with Crippen LogP contribution in [0.5, 0.6) is 97.7 Å². The van der Waals surface area contributed by atoms with E-state index in [2.05, 4.69) is 0 Å². The number of aromatic hydroxyl groups is 17. The molecule has 0 aliphatic heterocycles. The highest BCUT2D eigenvalue weighted by atomic mass is 16.4. The van der Waals surface area contributed by atoms with Crippen LogP contribution in [0.4, 0.5) is 0 Å². The molecule has 0 bridgehead atoms. The Labute approximate surface area is 381 Å². The molecule has 11 aromatic rings. The third-order valence-electron chi connectivity index (χ3n) is 12.5. The Bertz CT molecular complexity index is 4040. The molecule has 0 atom stereocenters. The fraction of sp³-hybridized carbons (Fsp3) is 0. The van der Waals surface area contributed by atoms with Gasteiger partial charge in [-0.2, -0.15) is 0 Å². The quantitative estimate of drug-likeness (QED) is 0.0443. The van der Waals surface area contributed by atoms with Crippen molar-refractivity contribution in [3.05, 3.63) is 78.9 Å². The third-order valence-corrected chi connectivity index (χ3v) is 12.5. The van der Waals surface area contributed by atoms with E-state index in [1.807, 2.05) is 42.5 Å². The molecule has 0 aliphatic rings. The maximum Gasteiger partial charge on any atom is 0.208 e. The van der Waals surface area contributed by atoms with Crippen molar-refractivity contribution in [3.8, 4) is 142 Å². The minimum atomic E-state index is -1.61. The molecule has 0 saturated heterocycles. The van der Waals surface area contributed by atoms with Gasteiger partial charge >= 0.3 is 0 Å². The third kappa shape index (κ3) is 5.25. The van der Waals surface area contributed by atoms with Gasteiger partial charge in [-0.25, -0.2) is 0 Å². The van der Waals surface area contributed by atoms with Gasteiger partial charge in [0, 0.05) is 70.9 Å². The normalized spacial score (nSPS) is 11.9. The fourth-order valence-corrected chi connectivity index (χ4v) is 9.32. The van der Waals surface area contributed by atoms with Gasteiger partial charge in [-0.15, -0.1) is 0 Å². The van der Waals surface area contributed by atoms with Crippen molar-refractivity contribution in [2.24, 2.45) is 0 Å². The summed E-state index contributed by atoms with van der Waals surface area (Å²) in [4.78, 5) is 0. The highest BCUT2D eigenvalue weighted by Gasteiger charge is 2.38. The maximum atomic E-state index is 11.8. The van der Waals surface area contributed by atoms with Crippen molar-refractivity contribution < 1.29 is 95.6 Å². The first-order valence-corrected chi connectivity index (χ1v) is 20.2. The van der Waals surface area contributed by atoms with Gasteiger partial charge in [0.1, 0.15) is 22.3 Å². The SMILES string of the molecule is Oc1c(O)c(O)c(-c2c(O)c(O)c(O)c(O)c2-c2c3c(O)c(O)c(O)c(O)c3c(-c3ccc(-c4cccc5c4oc4cc6c(cc45)oc4ccccc46)cc3)c3c(O)c(O)c(O)c(O)c23)c(O)c1O. The van der Waals surface area contributed by atoms with Crippen LogP contribution in [-0.4, -0.2) is 86.8 Å². The highest BCUT2D eigenvalue weighted by molar-refractivity contribution is 6.30. The summed E-state index contributed by atoms with van der Waals surface area (Å²) in [7, 11) is 0. The zero-order valence-corrected chi connectivity index (χ0v) is 34.4. The lowest BCUT2D eigenvalue weighted by molar-refractivity contribution is 0.329. The number of benzene rings is 9. The predicted molar refractivity (Wildman–Crippen MR) is 246 cm³/mol. The number of rotatable bonds is 4. The van der Waals surface area contributed by atoms with Crippen molar-refractivity contribution in [3.63, 3.8) is 0 Å². The van der Waals surface area contributed by atoms with Gasteiger partial charge in [0.05, 0.1) is 5.56 Å². The minimum absolute atomic E-state index is 0.0755. The van der Waals surface area contributed by atoms with Crippen LogP contribution < -0.4 is 0 Å². The standard InChI is InChI=1S/C50H30O19/c51-33-26-24(15-10-8-14(9-11-15)16-5-3-6-18-20-13-22-19(12-23(20)69-50(16)18)17-4-1-2-7-21(17)68-22)27-29(36(54)44(62)42(60)34(27)52)25(28(26)35(53)43(61)41(33)59)30-31(38(56)46(64)45(63)37(30)55)32-39(57)47(65)49(67)48(66)40(32)58/h1-13,51-67H. The van der Waals surface area contributed by atoms with Crippen LogP contribution in [0.25, 0.3) is 110 Å². The van der Waals surface area contributed by atoms with Gasteiger partial charge in [-0.3, -0.25) is 0 Å². The molecule has 2 aromatic heterocycles. The second kappa shape index (κ2) is 13.9. The maximum absolute atomic E-state index is 11.8. The molecule has 0 aliphatic carbocycles. The number of hydrogen-bond donors (Lipinski definition) is 17. The lowest BCUT2D eigenvalue weighted by Crippen LogP contribution is -1.97. The Morgan fingerprint density at radius 3 is 1.14 bits per heavy atom. The first-order valence-electron chi connectivity index (χ1n) is 20.2. The number of furan rings is 2. The van der Waals surface area contributed by atoms with E-state index < -0.39 is 147 Å². The summed E-state index contributed by atoms with van der Waals surface area (Å²) in [6, 6.07) is 22.6. The second-order valence-electron chi connectivity index (χ2n) is 16.1. The molecule has 69 heavy (non-hydrogen) atoms. The zero-order valence-electron chi connectivity index (χ0n) is 34.4. The number of hydrogen-bond acceptors (Lipinski definition) is 19. The summed E-state index contributed by atoms with van der Waals surface area (Å²) in [5.74, 6) is -25.5. The molecule has 0 radical (unpaired) electrons. The van der Waals surface area contributed by atoms with E-state index in [1.165, 1.54) is 12.1 Å². The molecule has 0 spiro atoms. The van der Waals surface area contributed by atoms with Crippen LogP contribution in [0.15, 0.2) is 87.7 Å². The summed E-state index contributed by atoms with van der Waals surface area (Å²) in [6.45, 7) is 0. The summed E-state index contributed by atoms with van der Waals surface area (Å²) in [5, 5.41) is 189. The lowest BCUT2D eigenvalue weighted by Gasteiger charge is -2.25. The van der Waals surface area contributed by atoms with Gasteiger partial charge in [0.25, 0.3) is 0 Å². The Morgan fingerprint density at radius 2 is 0.623 bits per heavy atom. The number of phenols is 17. The van der Waals surface area contributed by atoms with Crippen LogP contribution in [-0.2, 0) is 0 Å². The van der Waals surface area contributed by atoms with Crippen LogP contribution in [0, 0.1) is 0 Å². The molecule has 0 amide bonds. The van der Waals surface area contributed by atoms with Gasteiger partial charge in [-0.05, 0) is 29.3 Å². The second-order valence-corrected chi connectivity index (χ2v) is 16.1. The van der Waals surface area contributed by atoms with Gasteiger partial charge < -0.3 is 95.6 Å². The van der Waals surface area contributed by atoms with Crippen molar-refractivity contribution >= 4 is 65.4 Å². The fourth-order valence-electron chi connectivity index (χ4n) is 9.32. The van der Waals surface area contributed by atoms with E-state index in [4.69, 9.17) is 8.83 Å². The molecule has 0 fully saturated rings. The van der Waals surface area contributed by atoms with Crippen LogP contribution in [0.3, 0.4) is 0 Å². The zero-order chi connectivity index (χ0) is 49.0. The number of fused-ring (bicyclic) bond motifs is 8. The molecule has 0 saturated carbocycles. The molecule has 0 unspecified atom stereocenters. The molecule has 9 aromatic carbocycles. The molecule has 2 heterocycles. The predicted octanol–water partition coefficient (Wildman–Crippen LogP) is 9.45. The number of phenolic OH excluding ortho intramolecular Hbond substituents is 17. The highest BCUT2D eigenvalue weighted by Crippen LogP contribution is 2.68. The summed E-state index contributed by atoms with van der Waals surface area (Å²) >= 11 is 0. The van der Waals surface area contributed by atoms with Crippen molar-refractivity contribution in [2.45, 2.75) is 0 Å². The molecular weight excluding hydrogens is 905 g/mol. The Balaban J connectivity index is 1.24. The molecule has 344 valence electrons. The van der Waals surface area contributed by atoms with E-state index in [1.54, 1.807) is 24.3 Å². The van der Waals surface area contributed by atoms with Crippen LogP contribution >= 0.6 is 0 Å². The Kier molecular flexibility index (Phi) is 8.32. The first kappa shape index (κ1) is 41.4. The first-order chi connectivity index (χ1) is 32.8. The smallest absolute Gasteiger partial charge is 0.208 e. The van der Waals surface area contributed by atoms with E-state index in [9.17, 15) is 86.8 Å². The Hall–Kier alpha value is -10.3. The van der Waals surface area contributed by atoms with E-state index in [-0.39, 0.29) is 5.56 Å². The molecular formula is C50H30O19. The van der Waals surface area contributed by atoms with E-state index in [0.29, 0.717) is 33.5 Å². The molecule has 11 rings (SSSR count). The van der Waals surface area contributed by atoms with Crippen LogP contribution in [0.2, 0.25) is 0 Å². The van der Waals surface area contributed by atoms with E-state index >= 15 is 0 Å². The molecule has 17 N–H and O–H groups in total. The van der Waals surface area contributed by atoms with Gasteiger partial charge in [0.15, 0.2) is 46.0 Å². The topological polar surface area (TPSA) is 370 Å². The largest absolute Gasteiger partial charge is 0.504 e. The summed E-state index contributed by atoms with van der Waals surface area (Å²) < 4.78 is 12.6. The Morgan fingerprint density at radius 1 is 0.246 bits per heavy atom. The monoisotopic (exact) mass is 934 g/mol. The van der Waals surface area contributed by atoms with Crippen LogP contribution in [0.1, 0.15) is 0 Å². The minimum Gasteiger partial charge on any atom is -0.504 e. The molecule has 19 nitrogen and oxygen atoms in total. The van der Waals surface area contributed by atoms with E-state index in [0.717, 1.165) is 21.5 Å². The average Bonchev–Trinajstić information content (AvgIpc) is 3.91. The summed E-state index contributed by atoms with van der Waals surface area (Å²) in [6.07, 6.45) is 0. The van der Waals surface area contributed by atoms with Crippen molar-refractivity contribution in [1.29, 1.82) is 0 Å². The molecule has 19 heteroatoms. The lowest BCUT2D eigenvalue weighted by atomic mass is 9.80. The number of para-hydroxylation sites is 2. The van der Waals surface area contributed by atoms with Gasteiger partial charge in [0.2, 0.25) is 51.7 Å². The van der Waals surface area contributed by atoms with Crippen molar-refractivity contribution in [2.75, 3.05) is 0 Å². The van der Waals surface area contributed by atoms with Gasteiger partial charge in [-0.1, -0.05) is 60.7 Å². The average molecular weight is 935 g/mol. The summed E-state index contributed by atoms with van der Waals surface area (Å²) in [5.41, 5.74) is -2.19. The van der Waals surface area contributed by atoms with Crippen molar-refractivity contribution in [1.82, 2.24) is 0 Å².